The van der Waals surface area contributed by atoms with Gasteiger partial charge in [-0.1, -0.05) is 12.1 Å². The second-order valence-electron chi connectivity index (χ2n) is 3.36. The first-order valence-corrected chi connectivity index (χ1v) is 7.08. The van der Waals surface area contributed by atoms with Gasteiger partial charge in [0.25, 0.3) is 0 Å². The van der Waals surface area contributed by atoms with Crippen molar-refractivity contribution in [1.29, 1.82) is 0 Å². The lowest BCUT2D eigenvalue weighted by Crippen LogP contribution is -2.15. The second kappa shape index (κ2) is 5.50. The highest BCUT2D eigenvalue weighted by Crippen LogP contribution is 2.16. The van der Waals surface area contributed by atoms with Gasteiger partial charge in [0.15, 0.2) is 0 Å². The molecule has 0 fully saturated rings. The van der Waals surface area contributed by atoms with E-state index in [2.05, 4.69) is 0 Å². The summed E-state index contributed by atoms with van der Waals surface area (Å²) in [6.45, 7) is 0. The van der Waals surface area contributed by atoms with Crippen molar-refractivity contribution in [3.63, 3.8) is 0 Å². The van der Waals surface area contributed by atoms with Crippen LogP contribution in [-0.4, -0.2) is 27.5 Å². The molecule has 0 amide bonds. The predicted octanol–water partition coefficient (Wildman–Crippen LogP) is 2.14. The van der Waals surface area contributed by atoms with Crippen LogP contribution in [0.5, 0.6) is 5.75 Å². The molecule has 0 aliphatic carbocycles. The zero-order chi connectivity index (χ0) is 12.2. The summed E-state index contributed by atoms with van der Waals surface area (Å²) in [4.78, 5) is 0. The summed E-state index contributed by atoms with van der Waals surface area (Å²) in [6.07, 6.45) is -1.50. The van der Waals surface area contributed by atoms with E-state index in [-0.39, 0.29) is 6.42 Å². The van der Waals surface area contributed by atoms with Gasteiger partial charge < -0.3 is 4.74 Å². The maximum absolute atomic E-state index is 13.3. The Kier molecular flexibility index (Phi) is 4.56. The van der Waals surface area contributed by atoms with E-state index in [1.165, 1.54) is 7.11 Å². The maximum Gasteiger partial charge on any atom is 0.235 e. The summed E-state index contributed by atoms with van der Waals surface area (Å²) in [6, 6.07) is 6.81. The first kappa shape index (κ1) is 13.3. The summed E-state index contributed by atoms with van der Waals surface area (Å²) in [5.41, 5.74) is 0.673. The van der Waals surface area contributed by atoms with Gasteiger partial charge in [-0.05, 0) is 17.7 Å². The minimum Gasteiger partial charge on any atom is -0.497 e. The third-order valence-corrected chi connectivity index (χ3v) is 3.11. The lowest BCUT2D eigenvalue weighted by Gasteiger charge is -2.07. The lowest BCUT2D eigenvalue weighted by atomic mass is 10.1. The fraction of sp³-hybridized carbons (Fsp3) is 0.400. The van der Waals surface area contributed by atoms with E-state index in [1.54, 1.807) is 24.3 Å². The molecule has 1 atom stereocenters. The molecule has 6 heteroatoms. The Morgan fingerprint density at radius 1 is 1.50 bits per heavy atom. The average Bonchev–Trinajstić information content (AvgIpc) is 2.15. The van der Waals surface area contributed by atoms with E-state index in [1.807, 2.05) is 0 Å². The van der Waals surface area contributed by atoms with Crippen molar-refractivity contribution in [2.24, 2.45) is 0 Å². The normalized spacial score (nSPS) is 13.4. The zero-order valence-electron chi connectivity index (χ0n) is 8.69. The second-order valence-corrected chi connectivity index (χ2v) is 6.18. The van der Waals surface area contributed by atoms with Crippen molar-refractivity contribution in [2.75, 3.05) is 12.9 Å². The van der Waals surface area contributed by atoms with Crippen LogP contribution in [0.25, 0.3) is 0 Å². The molecule has 0 aliphatic heterocycles. The monoisotopic (exact) mass is 266 g/mol. The number of hydrogen-bond donors (Lipinski definition) is 0. The first-order chi connectivity index (χ1) is 7.40. The molecule has 1 aromatic carbocycles. The smallest absolute Gasteiger partial charge is 0.235 e. The van der Waals surface area contributed by atoms with Crippen LogP contribution in [0.1, 0.15) is 5.56 Å². The van der Waals surface area contributed by atoms with Crippen LogP contribution in [0.3, 0.4) is 0 Å². The Bertz CT molecular complexity index is 447. The molecule has 1 aromatic rings. The minimum atomic E-state index is -3.79. The van der Waals surface area contributed by atoms with E-state index in [0.717, 1.165) is 0 Å². The molecule has 16 heavy (non-hydrogen) atoms. The molecule has 1 rings (SSSR count). The summed E-state index contributed by atoms with van der Waals surface area (Å²) in [5, 5.41) is 0. The van der Waals surface area contributed by atoms with Gasteiger partial charge in [-0.15, -0.1) is 0 Å². The third kappa shape index (κ3) is 4.81. The van der Waals surface area contributed by atoms with Gasteiger partial charge in [-0.25, -0.2) is 12.8 Å². The largest absolute Gasteiger partial charge is 0.497 e. The van der Waals surface area contributed by atoms with Gasteiger partial charge in [0.05, 0.1) is 12.9 Å². The number of methoxy groups -OCH3 is 1. The summed E-state index contributed by atoms with van der Waals surface area (Å²) < 4.78 is 39.6. The van der Waals surface area contributed by atoms with Crippen molar-refractivity contribution >= 4 is 19.7 Å². The topological polar surface area (TPSA) is 43.4 Å². The van der Waals surface area contributed by atoms with Gasteiger partial charge in [-0.2, -0.15) is 0 Å². The lowest BCUT2D eigenvalue weighted by molar-refractivity contribution is 0.361. The van der Waals surface area contributed by atoms with Gasteiger partial charge in [0.1, 0.15) is 11.9 Å². The number of rotatable bonds is 5. The molecule has 1 unspecified atom stereocenters. The average molecular weight is 267 g/mol. The first-order valence-electron chi connectivity index (χ1n) is 4.60. The number of hydrogen-bond acceptors (Lipinski definition) is 3. The molecule has 0 heterocycles. The molecule has 0 aliphatic rings. The highest BCUT2D eigenvalue weighted by molar-refractivity contribution is 8.13. The number of alkyl halides is 1. The number of halogens is 2. The maximum atomic E-state index is 13.3. The molecule has 0 bridgehead atoms. The minimum absolute atomic E-state index is 0.00313. The standard InChI is InChI=1S/C10H12ClFO3S/c1-15-10-4-2-3-8(6-10)5-9(12)7-16(11,13)14/h2-4,6,9H,5,7H2,1H3. The molecule has 0 radical (unpaired) electrons. The van der Waals surface area contributed by atoms with Crippen LogP contribution < -0.4 is 4.74 Å². The highest BCUT2D eigenvalue weighted by Gasteiger charge is 2.16. The van der Waals surface area contributed by atoms with Crippen molar-refractivity contribution in [2.45, 2.75) is 12.6 Å². The molecule has 0 saturated carbocycles. The van der Waals surface area contributed by atoms with Gasteiger partial charge in [-0.3, -0.25) is 0 Å². The van der Waals surface area contributed by atoms with Crippen LogP contribution >= 0.6 is 10.7 Å². The Morgan fingerprint density at radius 3 is 2.75 bits per heavy atom. The Hall–Kier alpha value is -0.810. The summed E-state index contributed by atoms with van der Waals surface area (Å²) in [5.74, 6) is -0.0652. The summed E-state index contributed by atoms with van der Waals surface area (Å²) in [7, 11) is 2.68. The van der Waals surface area contributed by atoms with E-state index in [4.69, 9.17) is 15.4 Å². The van der Waals surface area contributed by atoms with Crippen LogP contribution in [0, 0.1) is 0 Å². The van der Waals surface area contributed by atoms with Gasteiger partial charge in [0, 0.05) is 17.1 Å². The fourth-order valence-corrected chi connectivity index (χ4v) is 2.29. The fourth-order valence-electron chi connectivity index (χ4n) is 1.33. The Morgan fingerprint density at radius 2 is 2.19 bits per heavy atom. The van der Waals surface area contributed by atoms with Crippen LogP contribution in [0.4, 0.5) is 4.39 Å². The van der Waals surface area contributed by atoms with Crippen molar-refractivity contribution in [3.8, 4) is 5.75 Å². The number of ether oxygens (including phenoxy) is 1. The number of benzene rings is 1. The predicted molar refractivity (Wildman–Crippen MR) is 61.2 cm³/mol. The Balaban J connectivity index is 2.65. The van der Waals surface area contributed by atoms with E-state index < -0.39 is 21.0 Å². The van der Waals surface area contributed by atoms with Crippen LogP contribution in [0.2, 0.25) is 0 Å². The molecule has 0 saturated heterocycles. The van der Waals surface area contributed by atoms with E-state index >= 15 is 0 Å². The molecule has 90 valence electrons. The molecule has 0 spiro atoms. The molecular formula is C10H12ClFO3S. The molecule has 0 aromatic heterocycles. The van der Waals surface area contributed by atoms with Gasteiger partial charge >= 0.3 is 0 Å². The zero-order valence-corrected chi connectivity index (χ0v) is 10.3. The van der Waals surface area contributed by atoms with Crippen molar-refractivity contribution in [3.05, 3.63) is 29.8 Å². The van der Waals surface area contributed by atoms with E-state index in [0.29, 0.717) is 11.3 Å². The van der Waals surface area contributed by atoms with Crippen molar-refractivity contribution in [1.82, 2.24) is 0 Å². The highest BCUT2D eigenvalue weighted by atomic mass is 35.7. The SMILES string of the molecule is COc1cccc(CC(F)CS(=O)(=O)Cl)c1. The molecule has 3 nitrogen and oxygen atoms in total. The van der Waals surface area contributed by atoms with Crippen LogP contribution in [0.15, 0.2) is 24.3 Å². The van der Waals surface area contributed by atoms with Crippen LogP contribution in [-0.2, 0) is 15.5 Å². The van der Waals surface area contributed by atoms with Crippen molar-refractivity contribution < 1.29 is 17.5 Å². The van der Waals surface area contributed by atoms with Gasteiger partial charge in [0.2, 0.25) is 9.05 Å². The molecular weight excluding hydrogens is 255 g/mol. The summed E-state index contributed by atoms with van der Waals surface area (Å²) >= 11 is 0. The molecule has 0 N–H and O–H groups in total. The third-order valence-electron chi connectivity index (χ3n) is 1.97. The quantitative estimate of drug-likeness (QED) is 0.767. The Labute approximate surface area is 98.6 Å². The van der Waals surface area contributed by atoms with E-state index in [9.17, 15) is 12.8 Å².